The Kier molecular flexibility index (Phi) is 5.78. The molecule has 0 bridgehead atoms. The van der Waals surface area contributed by atoms with Gasteiger partial charge in [-0.15, -0.1) is 11.3 Å². The van der Waals surface area contributed by atoms with E-state index in [4.69, 9.17) is 0 Å². The third kappa shape index (κ3) is 4.10. The maximum atomic E-state index is 2.44. The monoisotopic (exact) mass is 616 g/mol. The largest absolute Gasteiger partial charge is 0.310 e. The lowest BCUT2D eigenvalue weighted by molar-refractivity contribution is 1.20. The number of anilines is 3. The Bertz CT molecular complexity index is 2690. The van der Waals surface area contributed by atoms with Crippen LogP contribution in [0.15, 0.2) is 170 Å². The maximum Gasteiger partial charge on any atom is 0.0640 e. The molecule has 0 atom stereocenters. The van der Waals surface area contributed by atoms with Gasteiger partial charge in [-0.2, -0.15) is 0 Å². The zero-order valence-corrected chi connectivity index (χ0v) is 26.3. The number of hydrogen-bond donors (Lipinski definition) is 0. The first-order valence-corrected chi connectivity index (χ1v) is 16.8. The standard InChI is InChI=1S/C44H28N2S/c1-3-12-31-26-33(22-20-29(31)10-1)45(34-23-21-30-11-2-4-13-32(30)27-34)35-24-25-38-39-16-9-19-42(44(39)47-43(38)28-35)46-40-17-7-5-14-36(40)37-15-6-8-18-41(37)46/h1-28H. The highest BCUT2D eigenvalue weighted by Gasteiger charge is 2.19. The average molecular weight is 617 g/mol. The van der Waals surface area contributed by atoms with Crippen molar-refractivity contribution in [2.24, 2.45) is 0 Å². The Morgan fingerprint density at radius 2 is 0.894 bits per heavy atom. The number of nitrogens with zero attached hydrogens (tertiary/aromatic N) is 2. The molecule has 0 aliphatic heterocycles. The molecular formula is C44H28N2S. The van der Waals surface area contributed by atoms with Gasteiger partial charge < -0.3 is 9.47 Å². The Hall–Kier alpha value is -5.90. The van der Waals surface area contributed by atoms with Gasteiger partial charge >= 0.3 is 0 Å². The van der Waals surface area contributed by atoms with Crippen molar-refractivity contribution in [3.8, 4) is 5.69 Å². The molecule has 0 amide bonds. The lowest BCUT2D eigenvalue weighted by Gasteiger charge is -2.26. The van der Waals surface area contributed by atoms with Crippen LogP contribution in [-0.4, -0.2) is 4.57 Å². The molecule has 0 aliphatic rings. The lowest BCUT2D eigenvalue weighted by atomic mass is 10.1. The summed E-state index contributed by atoms with van der Waals surface area (Å²) in [5.74, 6) is 0. The van der Waals surface area contributed by atoms with Crippen LogP contribution in [0.4, 0.5) is 17.1 Å². The van der Waals surface area contributed by atoms with Crippen LogP contribution in [0.5, 0.6) is 0 Å². The van der Waals surface area contributed by atoms with E-state index in [1.165, 1.54) is 69.2 Å². The molecule has 0 fully saturated rings. The number of hydrogen-bond acceptors (Lipinski definition) is 2. The summed E-state index contributed by atoms with van der Waals surface area (Å²) >= 11 is 1.88. The lowest BCUT2D eigenvalue weighted by Crippen LogP contribution is -2.09. The molecule has 2 heterocycles. The Morgan fingerprint density at radius 1 is 0.383 bits per heavy atom. The number of benzene rings is 8. The van der Waals surface area contributed by atoms with Crippen LogP contribution in [0.2, 0.25) is 0 Å². The molecule has 0 radical (unpaired) electrons. The van der Waals surface area contributed by atoms with Crippen molar-refractivity contribution in [3.63, 3.8) is 0 Å². The summed E-state index contributed by atoms with van der Waals surface area (Å²) in [6.07, 6.45) is 0. The predicted octanol–water partition coefficient (Wildman–Crippen LogP) is 12.9. The van der Waals surface area contributed by atoms with Crippen molar-refractivity contribution in [1.82, 2.24) is 4.57 Å². The molecule has 47 heavy (non-hydrogen) atoms. The summed E-state index contributed by atoms with van der Waals surface area (Å²) in [7, 11) is 0. The molecule has 0 spiro atoms. The van der Waals surface area contributed by atoms with Crippen molar-refractivity contribution < 1.29 is 0 Å². The Morgan fingerprint density at radius 3 is 1.53 bits per heavy atom. The predicted molar refractivity (Wildman–Crippen MR) is 203 cm³/mol. The van der Waals surface area contributed by atoms with Crippen LogP contribution in [0.3, 0.4) is 0 Å². The number of aromatic nitrogens is 1. The van der Waals surface area contributed by atoms with Gasteiger partial charge in [0.25, 0.3) is 0 Å². The van der Waals surface area contributed by atoms with Crippen LogP contribution in [-0.2, 0) is 0 Å². The zero-order chi connectivity index (χ0) is 30.9. The van der Waals surface area contributed by atoms with Gasteiger partial charge in [-0.05, 0) is 76.1 Å². The fourth-order valence-corrected chi connectivity index (χ4v) is 8.59. The smallest absolute Gasteiger partial charge is 0.0640 e. The van der Waals surface area contributed by atoms with Gasteiger partial charge in [0.2, 0.25) is 0 Å². The van der Waals surface area contributed by atoms with Gasteiger partial charge in [0.05, 0.1) is 21.4 Å². The topological polar surface area (TPSA) is 8.17 Å². The average Bonchev–Trinajstić information content (AvgIpc) is 3.67. The first kappa shape index (κ1) is 26.3. The quantitative estimate of drug-likeness (QED) is 0.191. The SMILES string of the molecule is c1ccc2cc(N(c3ccc4ccccc4c3)c3ccc4c(c3)sc3c(-n5c6ccccc6c6ccccc65)cccc34)ccc2c1. The third-order valence-electron chi connectivity index (χ3n) is 9.52. The van der Waals surface area contributed by atoms with Crippen molar-refractivity contribution in [2.45, 2.75) is 0 Å². The van der Waals surface area contributed by atoms with E-state index < -0.39 is 0 Å². The zero-order valence-electron chi connectivity index (χ0n) is 25.5. The van der Waals surface area contributed by atoms with Crippen molar-refractivity contribution in [1.29, 1.82) is 0 Å². The molecule has 8 aromatic carbocycles. The number of rotatable bonds is 4. The maximum absolute atomic E-state index is 2.44. The molecule has 2 nitrogen and oxygen atoms in total. The first-order chi connectivity index (χ1) is 23.3. The highest BCUT2D eigenvalue weighted by atomic mass is 32.1. The Labute approximate surface area is 276 Å². The minimum Gasteiger partial charge on any atom is -0.310 e. The molecular weight excluding hydrogens is 589 g/mol. The second-order valence-electron chi connectivity index (χ2n) is 12.2. The number of thiophene rings is 1. The van der Waals surface area contributed by atoms with E-state index in [1.807, 2.05) is 11.3 Å². The van der Waals surface area contributed by atoms with Crippen LogP contribution in [0, 0.1) is 0 Å². The highest BCUT2D eigenvalue weighted by Crippen LogP contribution is 2.44. The summed E-state index contributed by atoms with van der Waals surface area (Å²) in [5.41, 5.74) is 7.13. The van der Waals surface area contributed by atoms with Gasteiger partial charge in [0.15, 0.2) is 0 Å². The Balaban J connectivity index is 1.20. The second-order valence-corrected chi connectivity index (χ2v) is 13.3. The molecule has 3 heteroatoms. The van der Waals surface area contributed by atoms with Gasteiger partial charge in [-0.1, -0.05) is 115 Å². The minimum atomic E-state index is 1.14. The number of fused-ring (bicyclic) bond motifs is 8. The van der Waals surface area contributed by atoms with Gasteiger partial charge in [-0.3, -0.25) is 0 Å². The van der Waals surface area contributed by atoms with Crippen LogP contribution in [0.1, 0.15) is 0 Å². The summed E-state index contributed by atoms with van der Waals surface area (Å²) in [4.78, 5) is 2.40. The van der Waals surface area contributed by atoms with Crippen LogP contribution in [0.25, 0.3) is 69.2 Å². The van der Waals surface area contributed by atoms with Crippen molar-refractivity contribution in [2.75, 3.05) is 4.90 Å². The molecule has 2 aromatic heterocycles. The summed E-state index contributed by atoms with van der Waals surface area (Å²) in [6.45, 7) is 0. The first-order valence-electron chi connectivity index (χ1n) is 16.0. The van der Waals surface area contributed by atoms with Gasteiger partial charge in [0.1, 0.15) is 0 Å². The minimum absolute atomic E-state index is 1.14. The van der Waals surface area contributed by atoms with Gasteiger partial charge in [-0.25, -0.2) is 0 Å². The fraction of sp³-hybridized carbons (Fsp3) is 0. The third-order valence-corrected chi connectivity index (χ3v) is 10.7. The summed E-state index contributed by atoms with van der Waals surface area (Å²) in [5, 5.41) is 10.1. The molecule has 0 saturated carbocycles. The normalized spacial score (nSPS) is 11.8. The summed E-state index contributed by atoms with van der Waals surface area (Å²) < 4.78 is 5.02. The molecule has 10 rings (SSSR count). The van der Waals surface area contributed by atoms with E-state index >= 15 is 0 Å². The van der Waals surface area contributed by atoms with Crippen LogP contribution >= 0.6 is 11.3 Å². The molecule has 0 N–H and O–H groups in total. The van der Waals surface area contributed by atoms with Crippen LogP contribution < -0.4 is 4.90 Å². The summed E-state index contributed by atoms with van der Waals surface area (Å²) in [6, 6.07) is 62.0. The molecule has 10 aromatic rings. The van der Waals surface area contributed by atoms with E-state index in [2.05, 4.69) is 179 Å². The number of para-hydroxylation sites is 2. The fourth-order valence-electron chi connectivity index (χ4n) is 7.35. The van der Waals surface area contributed by atoms with E-state index in [0.717, 1.165) is 17.1 Å². The van der Waals surface area contributed by atoms with E-state index in [0.29, 0.717) is 0 Å². The van der Waals surface area contributed by atoms with Gasteiger partial charge in [0, 0.05) is 43.3 Å². The molecule has 220 valence electrons. The van der Waals surface area contributed by atoms with Crippen molar-refractivity contribution in [3.05, 3.63) is 170 Å². The highest BCUT2D eigenvalue weighted by molar-refractivity contribution is 7.26. The van der Waals surface area contributed by atoms with Crippen molar-refractivity contribution >= 4 is 91.9 Å². The van der Waals surface area contributed by atoms with E-state index in [-0.39, 0.29) is 0 Å². The molecule has 0 unspecified atom stereocenters. The second kappa shape index (κ2) is 10.3. The molecule has 0 saturated heterocycles. The van der Waals surface area contributed by atoms with E-state index in [1.54, 1.807) is 0 Å². The molecule has 0 aliphatic carbocycles. The van der Waals surface area contributed by atoms with E-state index in [9.17, 15) is 0 Å².